The van der Waals surface area contributed by atoms with Crippen molar-refractivity contribution < 1.29 is 0 Å². The van der Waals surface area contributed by atoms with E-state index in [-0.39, 0.29) is 0 Å². The fourth-order valence-electron chi connectivity index (χ4n) is 1.48. The van der Waals surface area contributed by atoms with Crippen molar-refractivity contribution in [2.24, 2.45) is 5.92 Å². The van der Waals surface area contributed by atoms with Crippen LogP contribution in [0.15, 0.2) is 0 Å². The molecule has 0 N–H and O–H groups in total. The Bertz CT molecular complexity index is 76.0. The van der Waals surface area contributed by atoms with Crippen LogP contribution in [0.3, 0.4) is 0 Å². The highest BCUT2D eigenvalue weighted by molar-refractivity contribution is 4.60. The highest BCUT2D eigenvalue weighted by Crippen LogP contribution is 2.22. The Kier molecular flexibility index (Phi) is 19.1. The number of hydrogen-bond donors (Lipinski definition) is 0. The molecule has 0 aliphatic heterocycles. The summed E-state index contributed by atoms with van der Waals surface area (Å²) in [6.45, 7) is 11.1. The van der Waals surface area contributed by atoms with Crippen LogP contribution in [0.5, 0.6) is 0 Å². The van der Waals surface area contributed by atoms with Gasteiger partial charge in [0.15, 0.2) is 0 Å². The number of unbranched alkanes of at least 4 members (excludes halogenated alkanes) is 3. The first-order chi connectivity index (χ1) is 7.22. The second kappa shape index (κ2) is 16.4. The van der Waals surface area contributed by atoms with Gasteiger partial charge in [-0.3, -0.25) is 0 Å². The van der Waals surface area contributed by atoms with Gasteiger partial charge < -0.3 is 0 Å². The van der Waals surface area contributed by atoms with Crippen molar-refractivity contribution >= 4 is 0 Å². The maximum absolute atomic E-state index is 2.34. The van der Waals surface area contributed by atoms with Gasteiger partial charge in [-0.05, 0) is 5.92 Å². The molecule has 1 aliphatic rings. The molecule has 0 amide bonds. The number of hydrogen-bond acceptors (Lipinski definition) is 0. The SMILES string of the molecule is CC1CCCC1.CCCC.CCCCC. The first kappa shape index (κ1) is 17.4. The molecule has 0 nitrogen and oxygen atoms in total. The first-order valence-corrected chi connectivity index (χ1v) is 7.22. The Balaban J connectivity index is 0. The molecule has 15 heavy (non-hydrogen) atoms. The minimum absolute atomic E-state index is 1.05. The summed E-state index contributed by atoms with van der Waals surface area (Å²) < 4.78 is 0. The van der Waals surface area contributed by atoms with Crippen LogP contribution in [0.2, 0.25) is 0 Å². The van der Waals surface area contributed by atoms with Gasteiger partial charge in [-0.15, -0.1) is 0 Å². The van der Waals surface area contributed by atoms with E-state index in [4.69, 9.17) is 0 Å². The van der Waals surface area contributed by atoms with E-state index in [0.717, 1.165) is 5.92 Å². The summed E-state index contributed by atoms with van der Waals surface area (Å²) in [6, 6.07) is 0. The standard InChI is InChI=1S/C6H12.C5H12.C4H10/c1-6-4-2-3-5-6;1-3-5-4-2;1-3-4-2/h6H,2-5H2,1H3;3-5H2,1-2H3;3-4H2,1-2H3. The zero-order valence-corrected chi connectivity index (χ0v) is 11.9. The summed E-state index contributed by atoms with van der Waals surface area (Å²) in [4.78, 5) is 0. The van der Waals surface area contributed by atoms with Crippen LogP contribution < -0.4 is 0 Å². The van der Waals surface area contributed by atoms with Crippen LogP contribution >= 0.6 is 0 Å². The summed E-state index contributed by atoms with van der Waals surface area (Å²) in [5.41, 5.74) is 0. The van der Waals surface area contributed by atoms with Gasteiger partial charge in [-0.2, -0.15) is 0 Å². The normalized spacial score (nSPS) is 15.0. The number of rotatable bonds is 3. The molecule has 0 unspecified atom stereocenters. The molecular formula is C15H34. The van der Waals surface area contributed by atoms with E-state index in [0.29, 0.717) is 0 Å². The molecule has 1 rings (SSSR count). The summed E-state index contributed by atoms with van der Waals surface area (Å²) in [5.74, 6) is 1.05. The van der Waals surface area contributed by atoms with E-state index in [1.807, 2.05) is 0 Å². The third-order valence-electron chi connectivity index (χ3n) is 2.85. The Morgan fingerprint density at radius 1 is 0.733 bits per heavy atom. The van der Waals surface area contributed by atoms with E-state index >= 15 is 0 Å². The van der Waals surface area contributed by atoms with Crippen molar-refractivity contribution in [3.8, 4) is 0 Å². The van der Waals surface area contributed by atoms with Gasteiger partial charge in [0, 0.05) is 0 Å². The van der Waals surface area contributed by atoms with Gasteiger partial charge in [-0.25, -0.2) is 0 Å². The van der Waals surface area contributed by atoms with E-state index < -0.39 is 0 Å². The Morgan fingerprint density at radius 3 is 1.20 bits per heavy atom. The average Bonchev–Trinajstić information content (AvgIpc) is 2.72. The highest BCUT2D eigenvalue weighted by atomic mass is 14.1. The van der Waals surface area contributed by atoms with Crippen LogP contribution in [0.4, 0.5) is 0 Å². The predicted molar refractivity (Wildman–Crippen MR) is 73.4 cm³/mol. The summed E-state index contributed by atoms with van der Waals surface area (Å²) in [5, 5.41) is 0. The Hall–Kier alpha value is 0. The second-order valence-corrected chi connectivity index (χ2v) is 4.74. The van der Waals surface area contributed by atoms with Gasteiger partial charge in [0.2, 0.25) is 0 Å². The quantitative estimate of drug-likeness (QED) is 0.524. The average molecular weight is 214 g/mol. The van der Waals surface area contributed by atoms with Crippen LogP contribution in [0.1, 0.15) is 92.4 Å². The fourth-order valence-corrected chi connectivity index (χ4v) is 1.48. The van der Waals surface area contributed by atoms with Crippen LogP contribution in [0, 0.1) is 5.92 Å². The fraction of sp³-hybridized carbons (Fsp3) is 1.00. The molecule has 0 radical (unpaired) electrons. The van der Waals surface area contributed by atoms with E-state index in [9.17, 15) is 0 Å². The first-order valence-electron chi connectivity index (χ1n) is 7.22. The summed E-state index contributed by atoms with van der Waals surface area (Å²) in [6.07, 6.45) is 12.7. The van der Waals surface area contributed by atoms with Gasteiger partial charge in [0.25, 0.3) is 0 Å². The molecule has 0 aromatic rings. The molecule has 1 fully saturated rings. The van der Waals surface area contributed by atoms with Crippen molar-refractivity contribution in [1.29, 1.82) is 0 Å². The lowest BCUT2D eigenvalue weighted by molar-refractivity contribution is 0.612. The molecular weight excluding hydrogens is 180 g/mol. The topological polar surface area (TPSA) is 0 Å². The molecule has 1 saturated carbocycles. The molecule has 0 heterocycles. The lowest BCUT2D eigenvalue weighted by Gasteiger charge is -1.91. The van der Waals surface area contributed by atoms with E-state index in [2.05, 4.69) is 34.6 Å². The van der Waals surface area contributed by atoms with Crippen molar-refractivity contribution in [2.75, 3.05) is 0 Å². The van der Waals surface area contributed by atoms with Crippen molar-refractivity contribution in [3.05, 3.63) is 0 Å². The lowest BCUT2D eigenvalue weighted by Crippen LogP contribution is -1.78. The molecule has 0 aromatic heterocycles. The van der Waals surface area contributed by atoms with Gasteiger partial charge in [0.05, 0.1) is 0 Å². The van der Waals surface area contributed by atoms with E-state index in [1.54, 1.807) is 0 Å². The lowest BCUT2D eigenvalue weighted by atomic mass is 10.2. The largest absolute Gasteiger partial charge is 0.0654 e. The molecule has 0 aromatic carbocycles. The van der Waals surface area contributed by atoms with Gasteiger partial charge in [-0.1, -0.05) is 92.4 Å². The minimum Gasteiger partial charge on any atom is -0.0654 e. The smallest absolute Gasteiger partial charge is 0.0443 e. The third-order valence-corrected chi connectivity index (χ3v) is 2.85. The molecule has 0 atom stereocenters. The van der Waals surface area contributed by atoms with Crippen LogP contribution in [-0.2, 0) is 0 Å². The molecule has 0 heteroatoms. The van der Waals surface area contributed by atoms with Gasteiger partial charge in [0.1, 0.15) is 0 Å². The zero-order chi connectivity index (χ0) is 11.9. The van der Waals surface area contributed by atoms with Crippen molar-refractivity contribution in [2.45, 2.75) is 92.4 Å². The molecule has 0 bridgehead atoms. The molecule has 94 valence electrons. The van der Waals surface area contributed by atoms with Crippen molar-refractivity contribution in [1.82, 2.24) is 0 Å². The predicted octanol–water partition coefficient (Wildman–Crippen LogP) is 6.20. The van der Waals surface area contributed by atoms with Crippen LogP contribution in [-0.4, -0.2) is 0 Å². The summed E-state index contributed by atoms with van der Waals surface area (Å²) in [7, 11) is 0. The third kappa shape index (κ3) is 20.2. The van der Waals surface area contributed by atoms with E-state index in [1.165, 1.54) is 57.8 Å². The van der Waals surface area contributed by atoms with Crippen molar-refractivity contribution in [3.63, 3.8) is 0 Å². The monoisotopic (exact) mass is 214 g/mol. The second-order valence-electron chi connectivity index (χ2n) is 4.74. The highest BCUT2D eigenvalue weighted by Gasteiger charge is 2.07. The van der Waals surface area contributed by atoms with Crippen LogP contribution in [0.25, 0.3) is 0 Å². The molecule has 0 saturated heterocycles. The summed E-state index contributed by atoms with van der Waals surface area (Å²) >= 11 is 0. The minimum atomic E-state index is 1.05. The van der Waals surface area contributed by atoms with Gasteiger partial charge >= 0.3 is 0 Å². The Labute approximate surface area is 98.9 Å². The zero-order valence-electron chi connectivity index (χ0n) is 11.9. The maximum atomic E-state index is 2.34. The molecule has 0 spiro atoms. The Morgan fingerprint density at radius 2 is 1.13 bits per heavy atom. The maximum Gasteiger partial charge on any atom is -0.0443 e. The molecule has 1 aliphatic carbocycles.